The van der Waals surface area contributed by atoms with Crippen molar-refractivity contribution in [1.82, 2.24) is 14.8 Å². The van der Waals surface area contributed by atoms with Gasteiger partial charge in [-0.3, -0.25) is 9.80 Å². The monoisotopic (exact) mass is 407 g/mol. The summed E-state index contributed by atoms with van der Waals surface area (Å²) in [5.41, 5.74) is 3.95. The van der Waals surface area contributed by atoms with Crippen LogP contribution < -0.4 is 0 Å². The van der Waals surface area contributed by atoms with E-state index in [2.05, 4.69) is 97.4 Å². The highest BCUT2D eigenvalue weighted by Gasteiger charge is 2.33. The van der Waals surface area contributed by atoms with Crippen molar-refractivity contribution in [3.05, 3.63) is 100 Å². The number of hydrogen-bond acceptors (Lipinski definition) is 3. The van der Waals surface area contributed by atoms with Crippen molar-refractivity contribution in [3.8, 4) is 0 Å². The molecule has 0 N–H and O–H groups in total. The molecule has 0 bridgehead atoms. The van der Waals surface area contributed by atoms with E-state index >= 15 is 0 Å². The first-order valence-corrected chi connectivity index (χ1v) is 9.76. The molecule has 1 aliphatic rings. The number of rotatable bonds is 5. The second kappa shape index (κ2) is 8.12. The minimum Gasteiger partial charge on any atom is -0.278 e. The summed E-state index contributed by atoms with van der Waals surface area (Å²) < 4.78 is 0.878. The molecule has 132 valence electrons. The maximum atomic E-state index is 4.47. The molecule has 0 amide bonds. The van der Waals surface area contributed by atoms with Gasteiger partial charge in [0.2, 0.25) is 0 Å². The normalized spacial score (nSPS) is 16.2. The maximum Gasteiger partial charge on any atom is 0.106 e. The smallest absolute Gasteiger partial charge is 0.106 e. The molecule has 0 atom stereocenters. The Bertz CT molecular complexity index is 772. The Morgan fingerprint density at radius 1 is 0.769 bits per heavy atom. The number of pyridine rings is 1. The van der Waals surface area contributed by atoms with Crippen LogP contribution in [-0.4, -0.2) is 27.9 Å². The molecule has 3 nitrogen and oxygen atoms in total. The Kier molecular flexibility index (Phi) is 5.44. The van der Waals surface area contributed by atoms with Gasteiger partial charge in [-0.05, 0) is 33.1 Å². The van der Waals surface area contributed by atoms with Gasteiger partial charge in [-0.15, -0.1) is 0 Å². The molecule has 3 aromatic rings. The van der Waals surface area contributed by atoms with Crippen molar-refractivity contribution in [2.75, 3.05) is 13.1 Å². The fourth-order valence-electron chi connectivity index (χ4n) is 3.66. The van der Waals surface area contributed by atoms with Crippen LogP contribution in [0, 0.1) is 0 Å². The first-order chi connectivity index (χ1) is 12.8. The van der Waals surface area contributed by atoms with Gasteiger partial charge < -0.3 is 0 Å². The Morgan fingerprint density at radius 2 is 1.31 bits per heavy atom. The maximum absolute atomic E-state index is 4.47. The molecule has 0 saturated carbocycles. The Morgan fingerprint density at radius 3 is 1.77 bits per heavy atom. The van der Waals surface area contributed by atoms with Gasteiger partial charge in [-0.1, -0.05) is 66.7 Å². The highest BCUT2D eigenvalue weighted by atomic mass is 79.9. The topological polar surface area (TPSA) is 19.4 Å². The molecule has 1 aliphatic heterocycles. The number of aromatic nitrogens is 1. The summed E-state index contributed by atoms with van der Waals surface area (Å²) in [5, 5.41) is 0. The highest BCUT2D eigenvalue weighted by Crippen LogP contribution is 2.32. The average Bonchev–Trinajstić information content (AvgIpc) is 3.06. The predicted molar refractivity (Wildman–Crippen MR) is 108 cm³/mol. The van der Waals surface area contributed by atoms with Crippen molar-refractivity contribution in [3.63, 3.8) is 0 Å². The third-order valence-corrected chi connectivity index (χ3v) is 5.34. The molecule has 2 heterocycles. The van der Waals surface area contributed by atoms with Crippen molar-refractivity contribution in [2.24, 2.45) is 0 Å². The minimum atomic E-state index is 0.246. The zero-order valence-corrected chi connectivity index (χ0v) is 16.2. The van der Waals surface area contributed by atoms with Gasteiger partial charge in [0.25, 0.3) is 0 Å². The second-order valence-electron chi connectivity index (χ2n) is 6.70. The molecular formula is C22H22BrN3. The highest BCUT2D eigenvalue weighted by molar-refractivity contribution is 9.10. The summed E-state index contributed by atoms with van der Waals surface area (Å²) in [5.74, 6) is 0. The van der Waals surface area contributed by atoms with Gasteiger partial charge >= 0.3 is 0 Å². The van der Waals surface area contributed by atoms with Gasteiger partial charge in [0, 0.05) is 37.9 Å². The lowest BCUT2D eigenvalue weighted by Crippen LogP contribution is -2.30. The van der Waals surface area contributed by atoms with Crippen molar-refractivity contribution in [1.29, 1.82) is 0 Å². The summed E-state index contributed by atoms with van der Waals surface area (Å²) in [6.45, 7) is 4.02. The minimum absolute atomic E-state index is 0.246. The Labute approximate surface area is 163 Å². The lowest BCUT2D eigenvalue weighted by molar-refractivity contribution is 0.125. The van der Waals surface area contributed by atoms with Gasteiger partial charge in [-0.25, -0.2) is 4.98 Å². The molecule has 26 heavy (non-hydrogen) atoms. The van der Waals surface area contributed by atoms with Crippen molar-refractivity contribution >= 4 is 15.9 Å². The lowest BCUT2D eigenvalue weighted by Gasteiger charge is -2.30. The summed E-state index contributed by atoms with van der Waals surface area (Å²) in [4.78, 5) is 9.56. The lowest BCUT2D eigenvalue weighted by atomic mass is 10.1. The zero-order valence-electron chi connectivity index (χ0n) is 14.6. The number of halogens is 1. The largest absolute Gasteiger partial charge is 0.278 e. The van der Waals surface area contributed by atoms with E-state index in [-0.39, 0.29) is 6.17 Å². The van der Waals surface area contributed by atoms with E-state index in [1.165, 1.54) is 16.7 Å². The van der Waals surface area contributed by atoms with E-state index < -0.39 is 0 Å². The van der Waals surface area contributed by atoms with E-state index in [9.17, 15) is 0 Å². The quantitative estimate of drug-likeness (QED) is 0.562. The SMILES string of the molecule is Brc1ccc(C2N(Cc3ccccc3)CCN2Cc2ccccc2)cn1. The summed E-state index contributed by atoms with van der Waals surface area (Å²) in [6.07, 6.45) is 2.24. The van der Waals surface area contributed by atoms with Crippen LogP contribution in [0.4, 0.5) is 0 Å². The number of hydrogen-bond donors (Lipinski definition) is 0. The fraction of sp³-hybridized carbons (Fsp3) is 0.227. The van der Waals surface area contributed by atoms with Crippen LogP contribution in [0.2, 0.25) is 0 Å². The molecule has 1 fully saturated rings. The standard InChI is InChI=1S/C22H22BrN3/c23-21-12-11-20(15-24-21)22-25(16-18-7-3-1-4-8-18)13-14-26(22)17-19-9-5-2-6-10-19/h1-12,15,22H,13-14,16-17H2. The van der Waals surface area contributed by atoms with Gasteiger partial charge in [0.15, 0.2) is 0 Å². The van der Waals surface area contributed by atoms with E-state index in [1.807, 2.05) is 12.3 Å². The molecule has 4 heteroatoms. The molecular weight excluding hydrogens is 386 g/mol. The molecule has 0 spiro atoms. The Balaban J connectivity index is 1.60. The van der Waals surface area contributed by atoms with Crippen molar-refractivity contribution in [2.45, 2.75) is 19.3 Å². The van der Waals surface area contributed by atoms with Gasteiger partial charge in [-0.2, -0.15) is 0 Å². The van der Waals surface area contributed by atoms with Crippen LogP contribution in [0.15, 0.2) is 83.6 Å². The predicted octanol–water partition coefficient (Wildman–Crippen LogP) is 4.86. The van der Waals surface area contributed by atoms with E-state index in [4.69, 9.17) is 0 Å². The third-order valence-electron chi connectivity index (χ3n) is 4.87. The Hall–Kier alpha value is -2.01. The zero-order chi connectivity index (χ0) is 17.8. The van der Waals surface area contributed by atoms with Gasteiger partial charge in [0.1, 0.15) is 4.60 Å². The van der Waals surface area contributed by atoms with Crippen LogP contribution in [0.3, 0.4) is 0 Å². The van der Waals surface area contributed by atoms with Crippen LogP contribution in [-0.2, 0) is 13.1 Å². The van der Waals surface area contributed by atoms with E-state index in [1.54, 1.807) is 0 Å². The first kappa shape index (κ1) is 17.4. The van der Waals surface area contributed by atoms with Crippen LogP contribution in [0.1, 0.15) is 22.9 Å². The van der Waals surface area contributed by atoms with Crippen LogP contribution >= 0.6 is 15.9 Å². The van der Waals surface area contributed by atoms with Crippen molar-refractivity contribution < 1.29 is 0 Å². The van der Waals surface area contributed by atoms with Crippen LogP contribution in [0.5, 0.6) is 0 Å². The molecule has 0 aliphatic carbocycles. The molecule has 0 unspecified atom stereocenters. The number of nitrogens with zero attached hydrogens (tertiary/aromatic N) is 3. The van der Waals surface area contributed by atoms with Crippen LogP contribution in [0.25, 0.3) is 0 Å². The molecule has 1 aromatic heterocycles. The molecule has 4 rings (SSSR count). The first-order valence-electron chi connectivity index (χ1n) is 8.97. The van der Waals surface area contributed by atoms with E-state index in [0.29, 0.717) is 0 Å². The average molecular weight is 408 g/mol. The molecule has 1 saturated heterocycles. The fourth-order valence-corrected chi connectivity index (χ4v) is 3.90. The van der Waals surface area contributed by atoms with Gasteiger partial charge in [0.05, 0.1) is 6.17 Å². The summed E-state index contributed by atoms with van der Waals surface area (Å²) in [6, 6.07) is 25.6. The van der Waals surface area contributed by atoms with E-state index in [0.717, 1.165) is 30.8 Å². The molecule has 2 aromatic carbocycles. The summed E-state index contributed by atoms with van der Waals surface area (Å²) in [7, 11) is 0. The second-order valence-corrected chi connectivity index (χ2v) is 7.51. The molecule has 0 radical (unpaired) electrons. The third kappa shape index (κ3) is 4.04. The number of benzene rings is 2. The summed E-state index contributed by atoms with van der Waals surface area (Å²) >= 11 is 3.45.